The fraction of sp³-hybridized carbons (Fsp3) is 0.464. The van der Waals surface area contributed by atoms with Crippen LogP contribution in [-0.4, -0.2) is 38.9 Å². The third kappa shape index (κ3) is 4.27. The number of para-hydroxylation sites is 2. The fourth-order valence-electron chi connectivity index (χ4n) is 6.12. The summed E-state index contributed by atoms with van der Waals surface area (Å²) in [6, 6.07) is 16.7. The van der Waals surface area contributed by atoms with Gasteiger partial charge < -0.3 is 10.3 Å². The van der Waals surface area contributed by atoms with Crippen molar-refractivity contribution in [1.82, 2.24) is 14.5 Å². The molecular formula is C28H35N5O. The van der Waals surface area contributed by atoms with E-state index >= 15 is 0 Å². The van der Waals surface area contributed by atoms with Crippen molar-refractivity contribution in [3.63, 3.8) is 0 Å². The van der Waals surface area contributed by atoms with Gasteiger partial charge in [0, 0.05) is 35.8 Å². The summed E-state index contributed by atoms with van der Waals surface area (Å²) in [7, 11) is 0. The van der Waals surface area contributed by atoms with Crippen molar-refractivity contribution < 1.29 is 0 Å². The lowest BCUT2D eigenvalue weighted by molar-refractivity contribution is 0.0842. The Morgan fingerprint density at radius 3 is 2.59 bits per heavy atom. The van der Waals surface area contributed by atoms with E-state index < -0.39 is 0 Å². The molecule has 4 atom stereocenters. The number of nitrogens with zero attached hydrogens (tertiary/aromatic N) is 3. The van der Waals surface area contributed by atoms with Gasteiger partial charge in [-0.25, -0.2) is 4.98 Å². The van der Waals surface area contributed by atoms with Crippen LogP contribution in [-0.2, 0) is 0 Å². The summed E-state index contributed by atoms with van der Waals surface area (Å²) >= 11 is 0. The average molecular weight is 458 g/mol. The standard InChI is InChI=1S/C28H35N5O/c1-18-7-5-8-19(2)32(18)17-20-13-14-23(15-20)33-25-12-4-3-11-24(25)31-26(28(33)34)21-9-6-10-22(16-21)27(29)30/h3-4,6,9-12,16,18-20,23H,5,7-8,13-15,17H2,1-2H3,(H3,29,30). The van der Waals surface area contributed by atoms with Crippen LogP contribution in [0.3, 0.4) is 0 Å². The first-order valence-corrected chi connectivity index (χ1v) is 12.6. The molecule has 34 heavy (non-hydrogen) atoms. The molecule has 178 valence electrons. The molecule has 1 aromatic heterocycles. The summed E-state index contributed by atoms with van der Waals surface area (Å²) in [6.45, 7) is 5.86. The molecule has 2 heterocycles. The van der Waals surface area contributed by atoms with E-state index in [9.17, 15) is 4.79 Å². The highest BCUT2D eigenvalue weighted by Gasteiger charge is 2.33. The van der Waals surface area contributed by atoms with Crippen LogP contribution in [0.1, 0.15) is 64.0 Å². The molecule has 0 amide bonds. The van der Waals surface area contributed by atoms with Gasteiger partial charge in [0.25, 0.3) is 5.56 Å². The second-order valence-corrected chi connectivity index (χ2v) is 10.3. The van der Waals surface area contributed by atoms with E-state index in [1.54, 1.807) is 12.1 Å². The van der Waals surface area contributed by atoms with Gasteiger partial charge in [0.15, 0.2) is 0 Å². The Bertz CT molecular complexity index is 1260. The predicted octanol–water partition coefficient (Wildman–Crippen LogP) is 4.95. The first-order chi connectivity index (χ1) is 16.4. The highest BCUT2D eigenvalue weighted by atomic mass is 16.1. The number of rotatable bonds is 5. The summed E-state index contributed by atoms with van der Waals surface area (Å²) in [6.07, 6.45) is 7.10. The van der Waals surface area contributed by atoms with Gasteiger partial charge in [0.1, 0.15) is 11.5 Å². The van der Waals surface area contributed by atoms with Crippen molar-refractivity contribution in [2.24, 2.45) is 11.7 Å². The van der Waals surface area contributed by atoms with E-state index in [4.69, 9.17) is 16.1 Å². The number of piperidine rings is 1. The normalized spacial score (nSPS) is 25.6. The molecule has 1 saturated heterocycles. The summed E-state index contributed by atoms with van der Waals surface area (Å²) in [5.74, 6) is 0.596. The number of likely N-dealkylation sites (tertiary alicyclic amines) is 1. The van der Waals surface area contributed by atoms with Crippen LogP contribution in [0.15, 0.2) is 53.3 Å². The molecule has 0 spiro atoms. The smallest absolute Gasteiger partial charge is 0.277 e. The van der Waals surface area contributed by atoms with Crippen LogP contribution < -0.4 is 11.3 Å². The van der Waals surface area contributed by atoms with E-state index in [1.807, 2.05) is 41.0 Å². The zero-order valence-electron chi connectivity index (χ0n) is 20.2. The van der Waals surface area contributed by atoms with Crippen molar-refractivity contribution in [3.05, 3.63) is 64.4 Å². The number of nitrogens with one attached hydrogen (secondary N) is 1. The van der Waals surface area contributed by atoms with Gasteiger partial charge >= 0.3 is 0 Å². The van der Waals surface area contributed by atoms with E-state index in [-0.39, 0.29) is 17.4 Å². The van der Waals surface area contributed by atoms with Gasteiger partial charge in [-0.2, -0.15) is 0 Å². The van der Waals surface area contributed by atoms with Crippen molar-refractivity contribution in [2.75, 3.05) is 6.54 Å². The maximum Gasteiger partial charge on any atom is 0.277 e. The largest absolute Gasteiger partial charge is 0.384 e. The van der Waals surface area contributed by atoms with Crippen LogP contribution in [0.4, 0.5) is 0 Å². The van der Waals surface area contributed by atoms with Crippen LogP contribution >= 0.6 is 0 Å². The third-order valence-corrected chi connectivity index (χ3v) is 7.97. The number of benzene rings is 2. The number of fused-ring (bicyclic) bond motifs is 1. The van der Waals surface area contributed by atoms with Crippen LogP contribution in [0.5, 0.6) is 0 Å². The lowest BCUT2D eigenvalue weighted by Crippen LogP contribution is -2.45. The Hall–Kier alpha value is -2.99. The topological polar surface area (TPSA) is 88.0 Å². The van der Waals surface area contributed by atoms with Gasteiger partial charge in [-0.1, -0.05) is 36.8 Å². The van der Waals surface area contributed by atoms with E-state index in [2.05, 4.69) is 18.7 Å². The summed E-state index contributed by atoms with van der Waals surface area (Å²) in [5.41, 5.74) is 9.13. The molecule has 0 bridgehead atoms. The first kappa shape index (κ1) is 22.8. The Balaban J connectivity index is 1.50. The van der Waals surface area contributed by atoms with Gasteiger partial charge in [0.05, 0.1) is 11.0 Å². The lowest BCUT2D eigenvalue weighted by Gasteiger charge is -2.40. The Morgan fingerprint density at radius 2 is 1.82 bits per heavy atom. The Morgan fingerprint density at radius 1 is 1.06 bits per heavy atom. The first-order valence-electron chi connectivity index (χ1n) is 12.6. The van der Waals surface area contributed by atoms with E-state index in [0.717, 1.165) is 36.8 Å². The SMILES string of the molecule is CC1CCCC(C)N1CC1CCC(n2c(=O)c(-c3cccc(C(=N)N)c3)nc3ccccc32)C1. The van der Waals surface area contributed by atoms with Gasteiger partial charge in [-0.05, 0) is 70.1 Å². The van der Waals surface area contributed by atoms with Gasteiger partial charge in [-0.3, -0.25) is 15.1 Å². The number of aromatic nitrogens is 2. The molecule has 3 aromatic rings. The molecule has 1 saturated carbocycles. The fourth-order valence-corrected chi connectivity index (χ4v) is 6.12. The van der Waals surface area contributed by atoms with Crippen molar-refractivity contribution in [3.8, 4) is 11.3 Å². The minimum absolute atomic E-state index is 0.0113. The maximum atomic E-state index is 13.9. The minimum atomic E-state index is -0.0511. The molecule has 2 aliphatic rings. The number of amidine groups is 1. The zero-order valence-corrected chi connectivity index (χ0v) is 20.2. The molecular weight excluding hydrogens is 422 g/mol. The van der Waals surface area contributed by atoms with Crippen LogP contribution in [0.2, 0.25) is 0 Å². The molecule has 2 fully saturated rings. The predicted molar refractivity (Wildman–Crippen MR) is 138 cm³/mol. The third-order valence-electron chi connectivity index (χ3n) is 7.97. The number of hydrogen-bond donors (Lipinski definition) is 2. The molecule has 5 rings (SSSR count). The second-order valence-electron chi connectivity index (χ2n) is 10.3. The number of hydrogen-bond acceptors (Lipinski definition) is 4. The molecule has 2 aromatic carbocycles. The van der Waals surface area contributed by atoms with Crippen LogP contribution in [0, 0.1) is 11.3 Å². The van der Waals surface area contributed by atoms with Crippen molar-refractivity contribution in [1.29, 1.82) is 5.41 Å². The molecule has 3 N–H and O–H groups in total. The zero-order chi connectivity index (χ0) is 23.8. The molecule has 6 heteroatoms. The monoisotopic (exact) mass is 457 g/mol. The van der Waals surface area contributed by atoms with Crippen molar-refractivity contribution >= 4 is 16.9 Å². The average Bonchev–Trinajstić information content (AvgIpc) is 3.29. The summed E-state index contributed by atoms with van der Waals surface area (Å²) in [5, 5.41) is 7.78. The molecule has 6 nitrogen and oxygen atoms in total. The quantitative estimate of drug-likeness (QED) is 0.419. The van der Waals surface area contributed by atoms with E-state index in [0.29, 0.717) is 34.8 Å². The van der Waals surface area contributed by atoms with Crippen molar-refractivity contribution in [2.45, 2.75) is 70.5 Å². The Labute approximate surface area is 201 Å². The van der Waals surface area contributed by atoms with Gasteiger partial charge in [0.2, 0.25) is 0 Å². The summed E-state index contributed by atoms with van der Waals surface area (Å²) < 4.78 is 2.00. The highest BCUT2D eigenvalue weighted by Crippen LogP contribution is 2.37. The number of nitrogens with two attached hydrogens (primary N) is 1. The summed E-state index contributed by atoms with van der Waals surface area (Å²) in [4.78, 5) is 21.3. The maximum absolute atomic E-state index is 13.9. The molecule has 4 unspecified atom stereocenters. The number of nitrogen functional groups attached to an aromatic ring is 1. The Kier molecular flexibility index (Phi) is 6.26. The van der Waals surface area contributed by atoms with Crippen LogP contribution in [0.25, 0.3) is 22.3 Å². The highest BCUT2D eigenvalue weighted by molar-refractivity contribution is 5.96. The minimum Gasteiger partial charge on any atom is -0.384 e. The van der Waals surface area contributed by atoms with E-state index in [1.165, 1.54) is 19.3 Å². The lowest BCUT2D eigenvalue weighted by atomic mass is 9.95. The van der Waals surface area contributed by atoms with Gasteiger partial charge in [-0.15, -0.1) is 0 Å². The molecule has 1 aliphatic heterocycles. The molecule has 1 aliphatic carbocycles. The second kappa shape index (κ2) is 9.34. The molecule has 0 radical (unpaired) electrons.